The van der Waals surface area contributed by atoms with Gasteiger partial charge < -0.3 is 15.1 Å². The summed E-state index contributed by atoms with van der Waals surface area (Å²) >= 11 is 0. The quantitative estimate of drug-likeness (QED) is 0.632. The van der Waals surface area contributed by atoms with Crippen LogP contribution in [0.5, 0.6) is 0 Å². The number of aromatic nitrogens is 1. The number of benzene rings is 2. The number of oxazole rings is 1. The summed E-state index contributed by atoms with van der Waals surface area (Å²) in [6, 6.07) is 15.5. The molecule has 1 fully saturated rings. The van der Waals surface area contributed by atoms with Crippen molar-refractivity contribution in [3.05, 3.63) is 65.9 Å². The van der Waals surface area contributed by atoms with Crippen LogP contribution in [0.15, 0.2) is 59.1 Å². The van der Waals surface area contributed by atoms with Gasteiger partial charge in [0.25, 0.3) is 5.91 Å². The summed E-state index contributed by atoms with van der Waals surface area (Å²) in [6.45, 7) is 7.57. The van der Waals surface area contributed by atoms with E-state index in [9.17, 15) is 4.79 Å². The third-order valence-corrected chi connectivity index (χ3v) is 5.17. The normalized spacial score (nSPS) is 14.2. The van der Waals surface area contributed by atoms with Crippen molar-refractivity contribution in [2.45, 2.75) is 6.92 Å². The Morgan fingerprint density at radius 1 is 1.13 bits per heavy atom. The number of piperazine rings is 1. The first-order chi connectivity index (χ1) is 14.2. The summed E-state index contributed by atoms with van der Waals surface area (Å²) in [5.74, 6) is 1.04. The van der Waals surface area contributed by atoms with E-state index in [0.717, 1.165) is 38.3 Å². The van der Waals surface area contributed by atoms with Gasteiger partial charge in [-0.15, -0.1) is 12.4 Å². The molecule has 0 aliphatic carbocycles. The second-order valence-electron chi connectivity index (χ2n) is 7.29. The molecule has 4 rings (SSSR count). The van der Waals surface area contributed by atoms with Crippen LogP contribution in [0.25, 0.3) is 22.8 Å². The smallest absolute Gasteiger partial charge is 0.252 e. The molecule has 1 aromatic heterocycles. The van der Waals surface area contributed by atoms with Crippen LogP contribution in [0.4, 0.5) is 0 Å². The molecule has 0 radical (unpaired) electrons. The molecule has 2 aromatic carbocycles. The van der Waals surface area contributed by atoms with E-state index in [1.807, 2.05) is 55.5 Å². The van der Waals surface area contributed by atoms with E-state index >= 15 is 0 Å². The molecule has 1 aliphatic rings. The van der Waals surface area contributed by atoms with Gasteiger partial charge in [-0.3, -0.25) is 9.69 Å². The fourth-order valence-corrected chi connectivity index (χ4v) is 3.48. The summed E-state index contributed by atoms with van der Waals surface area (Å²) in [6.07, 6.45) is 1.71. The number of hydrogen-bond acceptors (Lipinski definition) is 5. The highest BCUT2D eigenvalue weighted by Crippen LogP contribution is 2.28. The summed E-state index contributed by atoms with van der Waals surface area (Å²) < 4.78 is 5.98. The topological polar surface area (TPSA) is 70.4 Å². The second-order valence-corrected chi connectivity index (χ2v) is 7.29. The molecule has 1 aliphatic heterocycles. The Morgan fingerprint density at radius 2 is 1.87 bits per heavy atom. The number of nitrogens with zero attached hydrogens (tertiary/aromatic N) is 2. The molecule has 2 heterocycles. The summed E-state index contributed by atoms with van der Waals surface area (Å²) in [5, 5.41) is 6.37. The lowest BCUT2D eigenvalue weighted by Crippen LogP contribution is -2.46. The number of amides is 1. The number of rotatable bonds is 6. The van der Waals surface area contributed by atoms with Gasteiger partial charge in [-0.05, 0) is 19.1 Å². The number of nitrogens with one attached hydrogen (secondary N) is 2. The van der Waals surface area contributed by atoms with Crippen molar-refractivity contribution >= 4 is 18.3 Å². The number of carbonyl (C=O) groups excluding carboxylic acids is 1. The summed E-state index contributed by atoms with van der Waals surface area (Å²) in [5.41, 5.74) is 3.43. The second kappa shape index (κ2) is 10.4. The predicted octanol–water partition coefficient (Wildman–Crippen LogP) is 3.37. The van der Waals surface area contributed by atoms with E-state index in [1.54, 1.807) is 6.20 Å². The minimum absolute atomic E-state index is 0. The first-order valence-electron chi connectivity index (χ1n) is 10.0. The van der Waals surface area contributed by atoms with E-state index < -0.39 is 0 Å². The molecular formula is C23H27ClN4O2. The average Bonchev–Trinajstić information content (AvgIpc) is 3.25. The first-order valence-corrected chi connectivity index (χ1v) is 10.0. The summed E-state index contributed by atoms with van der Waals surface area (Å²) in [4.78, 5) is 19.6. The standard InChI is InChI=1S/C23H26N4O2.ClH/c1-17-6-8-18(9-7-17)21-16-26-23(29-21)20-5-3-2-4-19(20)22(28)25-12-15-27-13-10-24-11-14-27;/h2-9,16,24H,10-15H2,1H3,(H,25,28);1H. The van der Waals surface area contributed by atoms with Crippen molar-refractivity contribution in [2.24, 2.45) is 0 Å². The number of carbonyl (C=O) groups is 1. The Hall–Kier alpha value is -2.67. The molecule has 2 N–H and O–H groups in total. The molecule has 0 unspecified atom stereocenters. The van der Waals surface area contributed by atoms with E-state index in [2.05, 4.69) is 20.5 Å². The zero-order chi connectivity index (χ0) is 20.1. The highest BCUT2D eigenvalue weighted by atomic mass is 35.5. The van der Waals surface area contributed by atoms with Crippen molar-refractivity contribution in [1.82, 2.24) is 20.5 Å². The third kappa shape index (κ3) is 5.27. The molecular weight excluding hydrogens is 400 g/mol. The molecule has 7 heteroatoms. The minimum Gasteiger partial charge on any atom is -0.436 e. The molecule has 0 spiro atoms. The monoisotopic (exact) mass is 426 g/mol. The van der Waals surface area contributed by atoms with Crippen LogP contribution in [0.3, 0.4) is 0 Å². The molecule has 0 bridgehead atoms. The van der Waals surface area contributed by atoms with Gasteiger partial charge in [0.2, 0.25) is 5.89 Å². The van der Waals surface area contributed by atoms with Crippen LogP contribution in [-0.2, 0) is 0 Å². The fourth-order valence-electron chi connectivity index (χ4n) is 3.48. The van der Waals surface area contributed by atoms with E-state index in [-0.39, 0.29) is 18.3 Å². The van der Waals surface area contributed by atoms with Gasteiger partial charge in [0.05, 0.1) is 11.8 Å². The van der Waals surface area contributed by atoms with Crippen molar-refractivity contribution in [3.63, 3.8) is 0 Å². The minimum atomic E-state index is -0.106. The lowest BCUT2D eigenvalue weighted by molar-refractivity contribution is 0.0947. The van der Waals surface area contributed by atoms with Crippen LogP contribution >= 0.6 is 12.4 Å². The van der Waals surface area contributed by atoms with Gasteiger partial charge in [0.15, 0.2) is 5.76 Å². The maximum absolute atomic E-state index is 12.8. The third-order valence-electron chi connectivity index (χ3n) is 5.17. The van der Waals surface area contributed by atoms with Gasteiger partial charge in [0.1, 0.15) is 0 Å². The van der Waals surface area contributed by atoms with E-state index in [0.29, 0.717) is 29.3 Å². The van der Waals surface area contributed by atoms with Crippen LogP contribution in [0.2, 0.25) is 0 Å². The Labute approximate surface area is 183 Å². The summed E-state index contributed by atoms with van der Waals surface area (Å²) in [7, 11) is 0. The molecule has 1 amide bonds. The number of halogens is 1. The van der Waals surface area contributed by atoms with Crippen molar-refractivity contribution in [2.75, 3.05) is 39.3 Å². The van der Waals surface area contributed by atoms with E-state index in [1.165, 1.54) is 5.56 Å². The lowest BCUT2D eigenvalue weighted by atomic mass is 10.1. The lowest BCUT2D eigenvalue weighted by Gasteiger charge is -2.27. The maximum atomic E-state index is 12.8. The molecule has 3 aromatic rings. The van der Waals surface area contributed by atoms with Crippen LogP contribution < -0.4 is 10.6 Å². The molecule has 1 saturated heterocycles. The number of aryl methyl sites for hydroxylation is 1. The molecule has 6 nitrogen and oxygen atoms in total. The maximum Gasteiger partial charge on any atom is 0.252 e. The zero-order valence-electron chi connectivity index (χ0n) is 17.1. The zero-order valence-corrected chi connectivity index (χ0v) is 17.9. The van der Waals surface area contributed by atoms with E-state index in [4.69, 9.17) is 4.42 Å². The molecule has 30 heavy (non-hydrogen) atoms. The first kappa shape index (κ1) is 22.0. The van der Waals surface area contributed by atoms with Gasteiger partial charge in [-0.1, -0.05) is 42.0 Å². The van der Waals surface area contributed by atoms with Gasteiger partial charge >= 0.3 is 0 Å². The van der Waals surface area contributed by atoms with Gasteiger partial charge in [-0.2, -0.15) is 0 Å². The molecule has 158 valence electrons. The molecule has 0 saturated carbocycles. The van der Waals surface area contributed by atoms with Gasteiger partial charge in [0, 0.05) is 50.4 Å². The molecule has 0 atom stereocenters. The average molecular weight is 427 g/mol. The van der Waals surface area contributed by atoms with Crippen molar-refractivity contribution < 1.29 is 9.21 Å². The fraction of sp³-hybridized carbons (Fsp3) is 0.304. The van der Waals surface area contributed by atoms with Crippen molar-refractivity contribution in [1.29, 1.82) is 0 Å². The van der Waals surface area contributed by atoms with Crippen LogP contribution in [0, 0.1) is 6.92 Å². The van der Waals surface area contributed by atoms with Crippen LogP contribution in [0.1, 0.15) is 15.9 Å². The Balaban J connectivity index is 0.00000256. The van der Waals surface area contributed by atoms with Crippen molar-refractivity contribution in [3.8, 4) is 22.8 Å². The highest BCUT2D eigenvalue weighted by molar-refractivity contribution is 6.00. The SMILES string of the molecule is Cc1ccc(-c2cnc(-c3ccccc3C(=O)NCCN3CCNCC3)o2)cc1.Cl. The Bertz CT molecular complexity index is 965. The van der Waals surface area contributed by atoms with Crippen LogP contribution in [-0.4, -0.2) is 55.1 Å². The van der Waals surface area contributed by atoms with Gasteiger partial charge in [-0.25, -0.2) is 4.98 Å². The predicted molar refractivity (Wildman–Crippen MR) is 121 cm³/mol. The number of hydrogen-bond donors (Lipinski definition) is 2. The Kier molecular flexibility index (Phi) is 7.63. The largest absolute Gasteiger partial charge is 0.436 e. The highest BCUT2D eigenvalue weighted by Gasteiger charge is 2.17. The Morgan fingerprint density at radius 3 is 2.63 bits per heavy atom.